The standard InChI is InChI=1S/C20H25N5O3/c1-3-17(24-11-5-9-18(24)26)20(28)23-16-8-4-7-15(13-16)22-19(27)14(2)25-12-6-10-21-25/h4,6-8,10,12-14,17H,3,5,9,11H2,1-2H3,(H,22,27)(H,23,28). The maximum atomic E-state index is 12.7. The third-order valence-electron chi connectivity index (χ3n) is 4.87. The molecule has 0 radical (unpaired) electrons. The smallest absolute Gasteiger partial charge is 0.248 e. The van der Waals surface area contributed by atoms with Crippen LogP contribution >= 0.6 is 0 Å². The van der Waals surface area contributed by atoms with Crippen LogP contribution < -0.4 is 10.6 Å². The molecule has 1 aromatic carbocycles. The van der Waals surface area contributed by atoms with Crippen LogP contribution in [0.15, 0.2) is 42.7 Å². The van der Waals surface area contributed by atoms with Crippen LogP contribution in [0.3, 0.4) is 0 Å². The first-order valence-electron chi connectivity index (χ1n) is 9.50. The van der Waals surface area contributed by atoms with E-state index in [-0.39, 0.29) is 17.7 Å². The summed E-state index contributed by atoms with van der Waals surface area (Å²) in [6.07, 6.45) is 5.19. The maximum Gasteiger partial charge on any atom is 0.248 e. The Morgan fingerprint density at radius 1 is 1.18 bits per heavy atom. The lowest BCUT2D eigenvalue weighted by Gasteiger charge is -2.25. The number of nitrogens with one attached hydrogen (secondary N) is 2. The van der Waals surface area contributed by atoms with Crippen molar-refractivity contribution in [1.82, 2.24) is 14.7 Å². The number of carbonyl (C=O) groups excluding carboxylic acids is 3. The van der Waals surface area contributed by atoms with Gasteiger partial charge in [0, 0.05) is 36.7 Å². The minimum absolute atomic E-state index is 0.0237. The van der Waals surface area contributed by atoms with Crippen molar-refractivity contribution in [2.24, 2.45) is 0 Å². The van der Waals surface area contributed by atoms with E-state index in [1.807, 2.05) is 6.92 Å². The summed E-state index contributed by atoms with van der Waals surface area (Å²) in [5.41, 5.74) is 1.15. The molecule has 2 heterocycles. The summed E-state index contributed by atoms with van der Waals surface area (Å²) in [7, 11) is 0. The molecule has 0 spiro atoms. The van der Waals surface area contributed by atoms with E-state index in [9.17, 15) is 14.4 Å². The lowest BCUT2D eigenvalue weighted by molar-refractivity contribution is -0.135. The Balaban J connectivity index is 1.65. The number of amides is 3. The van der Waals surface area contributed by atoms with Crippen molar-refractivity contribution in [3.63, 3.8) is 0 Å². The van der Waals surface area contributed by atoms with Crippen LogP contribution in [0.4, 0.5) is 11.4 Å². The molecule has 1 saturated heterocycles. The van der Waals surface area contributed by atoms with Crippen molar-refractivity contribution < 1.29 is 14.4 Å². The molecule has 2 aromatic rings. The molecule has 2 N–H and O–H groups in total. The monoisotopic (exact) mass is 383 g/mol. The summed E-state index contributed by atoms with van der Waals surface area (Å²) in [5.74, 6) is -0.400. The van der Waals surface area contributed by atoms with Gasteiger partial charge in [-0.1, -0.05) is 13.0 Å². The van der Waals surface area contributed by atoms with E-state index in [1.165, 1.54) is 0 Å². The number of nitrogens with zero attached hydrogens (tertiary/aromatic N) is 3. The van der Waals surface area contributed by atoms with Gasteiger partial charge in [-0.15, -0.1) is 0 Å². The quantitative estimate of drug-likeness (QED) is 0.767. The lowest BCUT2D eigenvalue weighted by atomic mass is 10.1. The van der Waals surface area contributed by atoms with Gasteiger partial charge in [0.2, 0.25) is 17.7 Å². The third kappa shape index (κ3) is 4.39. The van der Waals surface area contributed by atoms with Gasteiger partial charge in [-0.25, -0.2) is 0 Å². The minimum Gasteiger partial charge on any atom is -0.331 e. The predicted octanol–water partition coefficient (Wildman–Crippen LogP) is 2.42. The topological polar surface area (TPSA) is 96.3 Å². The SMILES string of the molecule is CCC(C(=O)Nc1cccc(NC(=O)C(C)n2cccn2)c1)N1CCCC1=O. The zero-order valence-electron chi connectivity index (χ0n) is 16.1. The van der Waals surface area contributed by atoms with Crippen LogP contribution in [0, 0.1) is 0 Å². The fourth-order valence-corrected chi connectivity index (χ4v) is 3.32. The van der Waals surface area contributed by atoms with Gasteiger partial charge in [0.25, 0.3) is 0 Å². The summed E-state index contributed by atoms with van der Waals surface area (Å²) in [6.45, 7) is 4.27. The summed E-state index contributed by atoms with van der Waals surface area (Å²) in [4.78, 5) is 38.7. The summed E-state index contributed by atoms with van der Waals surface area (Å²) < 4.78 is 1.57. The molecule has 28 heavy (non-hydrogen) atoms. The molecule has 1 aliphatic rings. The average Bonchev–Trinajstić information content (AvgIpc) is 3.34. The molecule has 2 atom stereocenters. The number of hydrogen-bond acceptors (Lipinski definition) is 4. The predicted molar refractivity (Wildman–Crippen MR) is 106 cm³/mol. The molecule has 0 saturated carbocycles. The maximum absolute atomic E-state index is 12.7. The van der Waals surface area contributed by atoms with Gasteiger partial charge in [0.05, 0.1) is 0 Å². The molecule has 3 amide bonds. The highest BCUT2D eigenvalue weighted by Gasteiger charge is 2.31. The molecule has 8 nitrogen and oxygen atoms in total. The number of hydrogen-bond donors (Lipinski definition) is 2. The normalized spacial score (nSPS) is 15.9. The van der Waals surface area contributed by atoms with Crippen molar-refractivity contribution in [2.45, 2.75) is 45.2 Å². The van der Waals surface area contributed by atoms with Gasteiger partial charge in [-0.05, 0) is 44.0 Å². The van der Waals surface area contributed by atoms with E-state index in [0.29, 0.717) is 30.8 Å². The number of aromatic nitrogens is 2. The Kier molecular flexibility index (Phi) is 6.08. The van der Waals surface area contributed by atoms with Gasteiger partial charge < -0.3 is 15.5 Å². The molecule has 8 heteroatoms. The second-order valence-corrected chi connectivity index (χ2v) is 6.84. The minimum atomic E-state index is -0.479. The molecule has 1 aromatic heterocycles. The number of anilines is 2. The van der Waals surface area contributed by atoms with Crippen molar-refractivity contribution >= 4 is 29.1 Å². The molecule has 148 valence electrons. The van der Waals surface area contributed by atoms with Gasteiger partial charge in [0.15, 0.2) is 0 Å². The average molecular weight is 383 g/mol. The van der Waals surface area contributed by atoms with Crippen molar-refractivity contribution in [3.8, 4) is 0 Å². The summed E-state index contributed by atoms with van der Waals surface area (Å²) in [6, 6.07) is 7.78. The second-order valence-electron chi connectivity index (χ2n) is 6.84. The molecule has 1 aliphatic heterocycles. The van der Waals surface area contributed by atoms with E-state index in [1.54, 1.807) is 59.2 Å². The molecule has 1 fully saturated rings. The van der Waals surface area contributed by atoms with Crippen LogP contribution in [0.2, 0.25) is 0 Å². The van der Waals surface area contributed by atoms with Crippen LogP contribution in [0.5, 0.6) is 0 Å². The Morgan fingerprint density at radius 2 is 1.89 bits per heavy atom. The Bertz CT molecular complexity index is 849. The fraction of sp³-hybridized carbons (Fsp3) is 0.400. The Hall–Kier alpha value is -3.16. The lowest BCUT2D eigenvalue weighted by Crippen LogP contribution is -2.44. The molecular weight excluding hydrogens is 358 g/mol. The largest absolute Gasteiger partial charge is 0.331 e. The number of rotatable bonds is 7. The molecule has 2 unspecified atom stereocenters. The second kappa shape index (κ2) is 8.69. The van der Waals surface area contributed by atoms with Gasteiger partial charge in [0.1, 0.15) is 12.1 Å². The number of likely N-dealkylation sites (tertiary alicyclic amines) is 1. The first-order valence-corrected chi connectivity index (χ1v) is 9.50. The van der Waals surface area contributed by atoms with Gasteiger partial charge in [-0.3, -0.25) is 19.1 Å². The van der Waals surface area contributed by atoms with Crippen LogP contribution in [-0.2, 0) is 14.4 Å². The molecule has 0 aliphatic carbocycles. The van der Waals surface area contributed by atoms with Gasteiger partial charge >= 0.3 is 0 Å². The summed E-state index contributed by atoms with van der Waals surface area (Å²) in [5, 5.41) is 9.77. The first kappa shape index (κ1) is 19.6. The highest BCUT2D eigenvalue weighted by molar-refractivity contribution is 5.99. The molecule has 3 rings (SSSR count). The van der Waals surface area contributed by atoms with Crippen LogP contribution in [0.1, 0.15) is 39.2 Å². The van der Waals surface area contributed by atoms with E-state index in [2.05, 4.69) is 15.7 Å². The van der Waals surface area contributed by atoms with Crippen LogP contribution in [0.25, 0.3) is 0 Å². The first-order chi connectivity index (χ1) is 13.5. The highest BCUT2D eigenvalue weighted by atomic mass is 16.2. The van der Waals surface area contributed by atoms with E-state index < -0.39 is 12.1 Å². The molecule has 0 bridgehead atoms. The number of benzene rings is 1. The third-order valence-corrected chi connectivity index (χ3v) is 4.87. The Morgan fingerprint density at radius 3 is 2.46 bits per heavy atom. The van der Waals surface area contributed by atoms with Crippen molar-refractivity contribution in [2.75, 3.05) is 17.2 Å². The van der Waals surface area contributed by atoms with Crippen molar-refractivity contribution in [3.05, 3.63) is 42.7 Å². The zero-order chi connectivity index (χ0) is 20.1. The fourth-order valence-electron chi connectivity index (χ4n) is 3.32. The van der Waals surface area contributed by atoms with Crippen molar-refractivity contribution in [1.29, 1.82) is 0 Å². The summed E-state index contributed by atoms with van der Waals surface area (Å²) >= 11 is 0. The van der Waals surface area contributed by atoms with E-state index in [0.717, 1.165) is 6.42 Å². The van der Waals surface area contributed by atoms with E-state index in [4.69, 9.17) is 0 Å². The van der Waals surface area contributed by atoms with Crippen LogP contribution in [-0.4, -0.2) is 45.0 Å². The molecular formula is C20H25N5O3. The van der Waals surface area contributed by atoms with E-state index >= 15 is 0 Å². The van der Waals surface area contributed by atoms with Gasteiger partial charge in [-0.2, -0.15) is 5.10 Å². The Labute approximate surface area is 163 Å². The zero-order valence-corrected chi connectivity index (χ0v) is 16.1. The number of carbonyl (C=O) groups is 3. The highest BCUT2D eigenvalue weighted by Crippen LogP contribution is 2.20.